The van der Waals surface area contributed by atoms with Gasteiger partial charge in [-0.3, -0.25) is 5.32 Å². The summed E-state index contributed by atoms with van der Waals surface area (Å²) in [4.78, 5) is 3.35. The first-order chi connectivity index (χ1) is 13.2. The molecule has 2 aromatic carbocycles. The van der Waals surface area contributed by atoms with Crippen LogP contribution < -0.4 is 10.6 Å². The molecule has 0 unspecified atom stereocenters. The lowest BCUT2D eigenvalue weighted by Gasteiger charge is -2.05. The Balaban J connectivity index is 1.48. The van der Waals surface area contributed by atoms with Crippen LogP contribution in [0.5, 0.6) is 0 Å². The van der Waals surface area contributed by atoms with E-state index in [0.717, 1.165) is 25.1 Å². The molecule has 0 bridgehead atoms. The van der Waals surface area contributed by atoms with Gasteiger partial charge in [0.25, 0.3) is 0 Å². The van der Waals surface area contributed by atoms with Gasteiger partial charge in [-0.1, -0.05) is 48.6 Å². The number of aromatic nitrogens is 1. The van der Waals surface area contributed by atoms with E-state index in [-0.39, 0.29) is 0 Å². The molecule has 0 aliphatic heterocycles. The zero-order valence-electron chi connectivity index (χ0n) is 15.5. The zero-order chi connectivity index (χ0) is 19.1. The third-order valence-corrected chi connectivity index (χ3v) is 4.50. The summed E-state index contributed by atoms with van der Waals surface area (Å²) in [7, 11) is 0. The molecule has 0 fully saturated rings. The second kappa shape index (κ2) is 8.88. The first-order valence-electron chi connectivity index (χ1n) is 9.04. The SMILES string of the molecule is C=C(/C=C/c1ccc(CNCCc2c[nH]c3ccc(C)cc23)cc1)NC#N. The third kappa shape index (κ3) is 5.10. The molecule has 136 valence electrons. The van der Waals surface area contributed by atoms with Gasteiger partial charge >= 0.3 is 0 Å². The summed E-state index contributed by atoms with van der Waals surface area (Å²) >= 11 is 0. The number of benzene rings is 2. The molecule has 0 amide bonds. The predicted molar refractivity (Wildman–Crippen MR) is 112 cm³/mol. The molecule has 0 aliphatic carbocycles. The zero-order valence-corrected chi connectivity index (χ0v) is 15.5. The van der Waals surface area contributed by atoms with Crippen molar-refractivity contribution in [2.24, 2.45) is 0 Å². The van der Waals surface area contributed by atoms with E-state index in [4.69, 9.17) is 5.26 Å². The second-order valence-corrected chi connectivity index (χ2v) is 6.63. The molecule has 3 rings (SSSR count). The summed E-state index contributed by atoms with van der Waals surface area (Å²) in [5.74, 6) is 0. The molecule has 0 spiro atoms. The maximum atomic E-state index is 8.53. The highest BCUT2D eigenvalue weighted by Crippen LogP contribution is 2.19. The third-order valence-electron chi connectivity index (χ3n) is 4.50. The van der Waals surface area contributed by atoms with Crippen LogP contribution in [-0.4, -0.2) is 11.5 Å². The average Bonchev–Trinajstić information content (AvgIpc) is 3.07. The number of fused-ring (bicyclic) bond motifs is 1. The number of aromatic amines is 1. The maximum absolute atomic E-state index is 8.53. The van der Waals surface area contributed by atoms with Crippen molar-refractivity contribution in [3.63, 3.8) is 0 Å². The average molecular weight is 356 g/mol. The number of hydrogen-bond acceptors (Lipinski definition) is 3. The van der Waals surface area contributed by atoms with Crippen LogP contribution >= 0.6 is 0 Å². The molecule has 0 saturated carbocycles. The minimum atomic E-state index is 0.579. The minimum Gasteiger partial charge on any atom is -0.361 e. The lowest BCUT2D eigenvalue weighted by molar-refractivity contribution is 0.688. The summed E-state index contributed by atoms with van der Waals surface area (Å²) < 4.78 is 0. The Morgan fingerprint density at radius 2 is 2.04 bits per heavy atom. The van der Waals surface area contributed by atoms with Gasteiger partial charge in [0.15, 0.2) is 6.19 Å². The highest BCUT2D eigenvalue weighted by Gasteiger charge is 2.03. The lowest BCUT2D eigenvalue weighted by atomic mass is 10.1. The molecule has 0 aliphatic rings. The molecular weight excluding hydrogens is 332 g/mol. The van der Waals surface area contributed by atoms with Gasteiger partial charge in [0.05, 0.1) is 0 Å². The van der Waals surface area contributed by atoms with Gasteiger partial charge in [0.1, 0.15) is 0 Å². The topological polar surface area (TPSA) is 63.6 Å². The molecule has 1 aromatic heterocycles. The summed E-state index contributed by atoms with van der Waals surface area (Å²) in [6.45, 7) is 7.64. The van der Waals surface area contributed by atoms with Gasteiger partial charge in [-0.05, 0) is 54.8 Å². The number of rotatable bonds is 8. The van der Waals surface area contributed by atoms with E-state index in [1.165, 1.54) is 27.6 Å². The highest BCUT2D eigenvalue weighted by atomic mass is 14.9. The molecule has 4 heteroatoms. The highest BCUT2D eigenvalue weighted by molar-refractivity contribution is 5.83. The largest absolute Gasteiger partial charge is 0.361 e. The van der Waals surface area contributed by atoms with E-state index in [1.807, 2.05) is 12.3 Å². The Bertz CT molecular complexity index is 987. The van der Waals surface area contributed by atoms with Crippen molar-refractivity contribution in [3.05, 3.63) is 89.3 Å². The number of H-pyrrole nitrogens is 1. The smallest absolute Gasteiger partial charge is 0.181 e. The van der Waals surface area contributed by atoms with Crippen molar-refractivity contribution in [1.29, 1.82) is 5.26 Å². The summed E-state index contributed by atoms with van der Waals surface area (Å²) in [5.41, 5.74) is 6.75. The van der Waals surface area contributed by atoms with E-state index in [0.29, 0.717) is 5.70 Å². The molecule has 3 aromatic rings. The molecule has 27 heavy (non-hydrogen) atoms. The Hall–Kier alpha value is -3.29. The number of hydrogen-bond donors (Lipinski definition) is 3. The molecule has 0 atom stereocenters. The van der Waals surface area contributed by atoms with Crippen LogP contribution in [0.3, 0.4) is 0 Å². The van der Waals surface area contributed by atoms with Gasteiger partial charge < -0.3 is 10.3 Å². The minimum absolute atomic E-state index is 0.579. The Kier molecular flexibility index (Phi) is 6.09. The van der Waals surface area contributed by atoms with Gasteiger partial charge in [-0.2, -0.15) is 5.26 Å². The summed E-state index contributed by atoms with van der Waals surface area (Å²) in [6.07, 6.45) is 8.69. The number of allylic oxidation sites excluding steroid dienone is 1. The fourth-order valence-corrected chi connectivity index (χ4v) is 3.01. The van der Waals surface area contributed by atoms with Crippen LogP contribution in [0.1, 0.15) is 22.3 Å². The Morgan fingerprint density at radius 3 is 2.81 bits per heavy atom. The standard InChI is InChI=1S/C23H24N4/c1-17-3-10-23-22(13-17)21(15-26-23)11-12-25-14-20-8-6-19(7-9-20)5-4-18(2)27-16-24/h3-10,13,15,25-27H,2,11-12,14H2,1H3/b5-4+. The summed E-state index contributed by atoms with van der Waals surface area (Å²) in [6, 6.07) is 14.9. The van der Waals surface area contributed by atoms with E-state index in [9.17, 15) is 0 Å². The van der Waals surface area contributed by atoms with Crippen LogP contribution in [0.2, 0.25) is 0 Å². The van der Waals surface area contributed by atoms with Gasteiger partial charge in [0.2, 0.25) is 0 Å². The van der Waals surface area contributed by atoms with Crippen molar-refractivity contribution in [2.45, 2.75) is 19.9 Å². The van der Waals surface area contributed by atoms with Gasteiger partial charge in [-0.15, -0.1) is 0 Å². The molecular formula is C23H24N4. The lowest BCUT2D eigenvalue weighted by Crippen LogP contribution is -2.16. The molecule has 0 radical (unpaired) electrons. The van der Waals surface area contributed by atoms with Crippen LogP contribution in [0.15, 0.2) is 67.0 Å². The predicted octanol–water partition coefficient (Wildman–Crippen LogP) is 4.41. The fraction of sp³-hybridized carbons (Fsp3) is 0.174. The van der Waals surface area contributed by atoms with Crippen LogP contribution in [0.4, 0.5) is 0 Å². The van der Waals surface area contributed by atoms with E-state index >= 15 is 0 Å². The van der Waals surface area contributed by atoms with Crippen LogP contribution in [0.25, 0.3) is 17.0 Å². The summed E-state index contributed by atoms with van der Waals surface area (Å²) in [5, 5.41) is 15.9. The van der Waals surface area contributed by atoms with E-state index in [2.05, 4.69) is 77.8 Å². The first kappa shape index (κ1) is 18.5. The molecule has 3 N–H and O–H groups in total. The molecule has 1 heterocycles. The number of nitrogens with one attached hydrogen (secondary N) is 3. The molecule has 4 nitrogen and oxygen atoms in total. The van der Waals surface area contributed by atoms with Crippen molar-refractivity contribution >= 4 is 17.0 Å². The van der Waals surface area contributed by atoms with Crippen molar-refractivity contribution < 1.29 is 0 Å². The number of nitrogens with zero attached hydrogens (tertiary/aromatic N) is 1. The normalized spacial score (nSPS) is 11.0. The monoisotopic (exact) mass is 356 g/mol. The van der Waals surface area contributed by atoms with E-state index < -0.39 is 0 Å². The number of aryl methyl sites for hydroxylation is 1. The maximum Gasteiger partial charge on any atom is 0.181 e. The van der Waals surface area contributed by atoms with Gasteiger partial charge in [-0.25, -0.2) is 0 Å². The fourth-order valence-electron chi connectivity index (χ4n) is 3.01. The van der Waals surface area contributed by atoms with Crippen molar-refractivity contribution in [1.82, 2.24) is 15.6 Å². The van der Waals surface area contributed by atoms with Crippen LogP contribution in [0, 0.1) is 18.4 Å². The quantitative estimate of drug-likeness (QED) is 0.242. The Labute approximate surface area is 160 Å². The molecule has 0 saturated heterocycles. The van der Waals surface area contributed by atoms with E-state index in [1.54, 1.807) is 6.08 Å². The van der Waals surface area contributed by atoms with Crippen LogP contribution in [-0.2, 0) is 13.0 Å². The number of nitriles is 1. The van der Waals surface area contributed by atoms with Crippen molar-refractivity contribution in [3.8, 4) is 6.19 Å². The second-order valence-electron chi connectivity index (χ2n) is 6.63. The first-order valence-corrected chi connectivity index (χ1v) is 9.04. The van der Waals surface area contributed by atoms with Gasteiger partial charge in [0, 0.05) is 29.3 Å². The van der Waals surface area contributed by atoms with Crippen molar-refractivity contribution in [2.75, 3.05) is 6.54 Å². The Morgan fingerprint density at radius 1 is 1.22 bits per heavy atom.